The van der Waals surface area contributed by atoms with Crippen LogP contribution in [0.15, 0.2) is 18.2 Å². The van der Waals surface area contributed by atoms with Gasteiger partial charge in [0.05, 0.1) is 5.56 Å². The van der Waals surface area contributed by atoms with Crippen molar-refractivity contribution in [2.45, 2.75) is 38.8 Å². The van der Waals surface area contributed by atoms with Gasteiger partial charge in [-0.25, -0.2) is 4.39 Å². The fourth-order valence-corrected chi connectivity index (χ4v) is 1.88. The van der Waals surface area contributed by atoms with E-state index in [1.54, 1.807) is 12.1 Å². The second-order valence-electron chi connectivity index (χ2n) is 5.19. The van der Waals surface area contributed by atoms with E-state index in [4.69, 9.17) is 0 Å². The van der Waals surface area contributed by atoms with Crippen LogP contribution in [0.25, 0.3) is 0 Å². The molecule has 0 heterocycles. The Bertz CT molecular complexity index is 539. The second kappa shape index (κ2) is 4.56. The van der Waals surface area contributed by atoms with E-state index in [9.17, 15) is 17.6 Å². The summed E-state index contributed by atoms with van der Waals surface area (Å²) in [7, 11) is 0. The van der Waals surface area contributed by atoms with E-state index in [0.717, 1.165) is 0 Å². The summed E-state index contributed by atoms with van der Waals surface area (Å²) >= 11 is 0. The Morgan fingerprint density at radius 2 is 1.84 bits per heavy atom. The van der Waals surface area contributed by atoms with Crippen molar-refractivity contribution in [2.24, 2.45) is 5.41 Å². The molecule has 1 aliphatic carbocycles. The van der Waals surface area contributed by atoms with Gasteiger partial charge >= 0.3 is 6.18 Å². The van der Waals surface area contributed by atoms with Crippen LogP contribution in [0.1, 0.15) is 43.7 Å². The van der Waals surface area contributed by atoms with Gasteiger partial charge in [0.25, 0.3) is 0 Å². The molecule has 0 N–H and O–H groups in total. The van der Waals surface area contributed by atoms with E-state index in [1.807, 2.05) is 13.8 Å². The summed E-state index contributed by atoms with van der Waals surface area (Å²) in [6.07, 6.45) is -4.31. The molecule has 0 nitrogen and oxygen atoms in total. The third-order valence-electron chi connectivity index (χ3n) is 3.38. The van der Waals surface area contributed by atoms with Crippen molar-refractivity contribution < 1.29 is 17.6 Å². The molecule has 0 aromatic heterocycles. The molecule has 1 aliphatic rings. The average molecular weight is 270 g/mol. The predicted molar refractivity (Wildman–Crippen MR) is 65.1 cm³/mol. The van der Waals surface area contributed by atoms with Crippen molar-refractivity contribution in [3.8, 4) is 11.8 Å². The van der Waals surface area contributed by atoms with E-state index in [2.05, 4.69) is 11.8 Å². The summed E-state index contributed by atoms with van der Waals surface area (Å²) in [6.45, 7) is 3.65. The van der Waals surface area contributed by atoms with Crippen LogP contribution in [0.4, 0.5) is 17.6 Å². The zero-order chi connectivity index (χ0) is 14.3. The molecule has 19 heavy (non-hydrogen) atoms. The van der Waals surface area contributed by atoms with Gasteiger partial charge in [0.1, 0.15) is 11.2 Å². The first kappa shape index (κ1) is 13.9. The van der Waals surface area contributed by atoms with Crippen LogP contribution < -0.4 is 0 Å². The maximum absolute atomic E-state index is 14.0. The number of benzene rings is 1. The summed E-state index contributed by atoms with van der Waals surface area (Å²) < 4.78 is 52.2. The van der Waals surface area contributed by atoms with Crippen LogP contribution in [0.2, 0.25) is 0 Å². The third kappa shape index (κ3) is 2.60. The smallest absolute Gasteiger partial charge is 0.205 e. The number of rotatable bonds is 1. The van der Waals surface area contributed by atoms with Gasteiger partial charge in [-0.05, 0) is 30.4 Å². The molecule has 2 rings (SSSR count). The molecule has 0 bridgehead atoms. The molecule has 1 fully saturated rings. The van der Waals surface area contributed by atoms with Gasteiger partial charge < -0.3 is 0 Å². The summed E-state index contributed by atoms with van der Waals surface area (Å²) in [6, 6.07) is 4.66. The van der Waals surface area contributed by atoms with Crippen molar-refractivity contribution in [2.75, 3.05) is 0 Å². The number of hydrogen-bond acceptors (Lipinski definition) is 0. The van der Waals surface area contributed by atoms with Gasteiger partial charge in [0, 0.05) is 0 Å². The molecule has 102 valence electrons. The highest BCUT2D eigenvalue weighted by molar-refractivity contribution is 5.42. The molecule has 1 aromatic carbocycles. The Hall–Kier alpha value is -1.50. The summed E-state index contributed by atoms with van der Waals surface area (Å²) in [5, 5.41) is 0. The molecule has 0 unspecified atom stereocenters. The highest BCUT2D eigenvalue weighted by atomic mass is 19.4. The lowest BCUT2D eigenvalue weighted by molar-refractivity contribution is -0.168. The molecule has 0 amide bonds. The van der Waals surface area contributed by atoms with Crippen molar-refractivity contribution in [1.29, 1.82) is 0 Å². The molecule has 0 atom stereocenters. The molecule has 0 aliphatic heterocycles. The molecule has 0 spiro atoms. The summed E-state index contributed by atoms with van der Waals surface area (Å²) in [5.74, 6) is 4.05. The van der Waals surface area contributed by atoms with Crippen LogP contribution >= 0.6 is 0 Å². The number of hydrogen-bond donors (Lipinski definition) is 0. The number of alkyl halides is 3. The highest BCUT2D eigenvalue weighted by Crippen LogP contribution is 2.57. The Morgan fingerprint density at radius 1 is 1.21 bits per heavy atom. The van der Waals surface area contributed by atoms with E-state index >= 15 is 0 Å². The van der Waals surface area contributed by atoms with E-state index in [0.29, 0.717) is 5.56 Å². The standard InChI is InChI=1S/C15H14F4/c1-10(2)12-5-3-4-11(13(12)16)6-7-14(8-9-14)15(17,18)19/h3-5,10H,8-9H2,1-2H3. The Balaban J connectivity index is 2.34. The lowest BCUT2D eigenvalue weighted by Crippen LogP contribution is -2.22. The van der Waals surface area contributed by atoms with Crippen molar-refractivity contribution >= 4 is 0 Å². The molecule has 0 saturated heterocycles. The molecular formula is C15H14F4. The Labute approximate surface area is 109 Å². The predicted octanol–water partition coefficient (Wildman–Crippen LogP) is 4.64. The average Bonchev–Trinajstić information content (AvgIpc) is 3.07. The Kier molecular flexibility index (Phi) is 3.34. The third-order valence-corrected chi connectivity index (χ3v) is 3.38. The van der Waals surface area contributed by atoms with Crippen LogP contribution in [0.5, 0.6) is 0 Å². The van der Waals surface area contributed by atoms with E-state index < -0.39 is 17.4 Å². The molecule has 1 saturated carbocycles. The van der Waals surface area contributed by atoms with Crippen LogP contribution in [0, 0.1) is 23.1 Å². The maximum Gasteiger partial charge on any atom is 0.405 e. The van der Waals surface area contributed by atoms with Crippen LogP contribution in [-0.4, -0.2) is 6.18 Å². The van der Waals surface area contributed by atoms with E-state index in [1.165, 1.54) is 6.07 Å². The normalized spacial score (nSPS) is 17.0. The lowest BCUT2D eigenvalue weighted by Gasteiger charge is -2.12. The van der Waals surface area contributed by atoms with Gasteiger partial charge in [-0.15, -0.1) is 0 Å². The largest absolute Gasteiger partial charge is 0.405 e. The monoisotopic (exact) mass is 270 g/mol. The second-order valence-corrected chi connectivity index (χ2v) is 5.19. The van der Waals surface area contributed by atoms with Crippen molar-refractivity contribution in [1.82, 2.24) is 0 Å². The van der Waals surface area contributed by atoms with Gasteiger partial charge in [0.2, 0.25) is 0 Å². The molecular weight excluding hydrogens is 256 g/mol. The van der Waals surface area contributed by atoms with Gasteiger partial charge in [-0.1, -0.05) is 37.8 Å². The lowest BCUT2D eigenvalue weighted by atomic mass is 9.99. The van der Waals surface area contributed by atoms with Crippen LogP contribution in [-0.2, 0) is 0 Å². The zero-order valence-corrected chi connectivity index (χ0v) is 10.7. The topological polar surface area (TPSA) is 0 Å². The van der Waals surface area contributed by atoms with Crippen LogP contribution in [0.3, 0.4) is 0 Å². The maximum atomic E-state index is 14.0. The summed E-state index contributed by atoms with van der Waals surface area (Å²) in [4.78, 5) is 0. The molecule has 0 radical (unpaired) electrons. The van der Waals surface area contributed by atoms with Gasteiger partial charge in [-0.3, -0.25) is 0 Å². The van der Waals surface area contributed by atoms with Gasteiger partial charge in [0.15, 0.2) is 0 Å². The molecule has 1 aromatic rings. The van der Waals surface area contributed by atoms with E-state index in [-0.39, 0.29) is 24.3 Å². The summed E-state index contributed by atoms with van der Waals surface area (Å²) in [5.41, 5.74) is -1.39. The first-order valence-corrected chi connectivity index (χ1v) is 6.15. The van der Waals surface area contributed by atoms with Crippen molar-refractivity contribution in [3.63, 3.8) is 0 Å². The minimum atomic E-state index is -4.33. The quantitative estimate of drug-likeness (QED) is 0.515. The number of halogens is 4. The SMILES string of the molecule is CC(C)c1cccc(C#CC2(C(F)(F)F)CC2)c1F. The fourth-order valence-electron chi connectivity index (χ4n) is 1.88. The first-order valence-electron chi connectivity index (χ1n) is 6.15. The van der Waals surface area contributed by atoms with Crippen molar-refractivity contribution in [3.05, 3.63) is 35.1 Å². The van der Waals surface area contributed by atoms with Gasteiger partial charge in [-0.2, -0.15) is 13.2 Å². The molecule has 4 heteroatoms. The first-order chi connectivity index (χ1) is 8.77. The highest BCUT2D eigenvalue weighted by Gasteiger charge is 2.62. The minimum absolute atomic E-state index is 0.00892. The Morgan fingerprint density at radius 3 is 2.32 bits per heavy atom. The zero-order valence-electron chi connectivity index (χ0n) is 10.7. The fraction of sp³-hybridized carbons (Fsp3) is 0.467. The minimum Gasteiger partial charge on any atom is -0.205 e.